The van der Waals surface area contributed by atoms with Crippen molar-refractivity contribution in [1.29, 1.82) is 0 Å². The molecule has 1 saturated carbocycles. The molecule has 2 rings (SSSR count). The Hall–Kier alpha value is -1.79. The molecule has 0 radical (unpaired) electrons. The third kappa shape index (κ3) is 5.59. The maximum Gasteiger partial charge on any atom is 0.315 e. The van der Waals surface area contributed by atoms with Gasteiger partial charge in [0.05, 0.1) is 0 Å². The van der Waals surface area contributed by atoms with Crippen LogP contribution in [0.5, 0.6) is 0 Å². The number of nitrogens with one attached hydrogen (secondary N) is 3. The van der Waals surface area contributed by atoms with E-state index in [0.29, 0.717) is 13.0 Å². The van der Waals surface area contributed by atoms with Gasteiger partial charge in [-0.05, 0) is 37.5 Å². The van der Waals surface area contributed by atoms with Gasteiger partial charge in [-0.2, -0.15) is 0 Å². The first-order valence-corrected chi connectivity index (χ1v) is 10.2. The number of likely N-dealkylation sites (tertiary alicyclic amines) is 1. The van der Waals surface area contributed by atoms with Crippen LogP contribution in [0.1, 0.15) is 66.2 Å². The Bertz CT molecular complexity index is 554. The van der Waals surface area contributed by atoms with Gasteiger partial charge in [0.1, 0.15) is 12.1 Å². The molecule has 4 amide bonds. The molecule has 1 saturated heterocycles. The van der Waals surface area contributed by atoms with E-state index >= 15 is 0 Å². The first-order chi connectivity index (χ1) is 12.6. The van der Waals surface area contributed by atoms with Crippen molar-refractivity contribution in [3.8, 4) is 0 Å². The molecule has 7 heteroatoms. The van der Waals surface area contributed by atoms with Gasteiger partial charge in [-0.15, -0.1) is 0 Å². The second-order valence-corrected chi connectivity index (χ2v) is 9.15. The Balaban J connectivity index is 2.02. The fourth-order valence-electron chi connectivity index (χ4n) is 3.95. The number of hydrogen-bond donors (Lipinski definition) is 3. The van der Waals surface area contributed by atoms with Crippen LogP contribution in [0.4, 0.5) is 4.79 Å². The highest BCUT2D eigenvalue weighted by molar-refractivity contribution is 5.92. The summed E-state index contributed by atoms with van der Waals surface area (Å²) in [6.07, 6.45) is 6.29. The summed E-state index contributed by atoms with van der Waals surface area (Å²) in [5.41, 5.74) is -0.454. The number of carbonyl (C=O) groups is 3. The minimum atomic E-state index is -0.682. The smallest absolute Gasteiger partial charge is 0.315 e. The molecule has 1 aliphatic heterocycles. The topological polar surface area (TPSA) is 90.5 Å². The standard InChI is InChI=1S/C20H36N4O3/c1-13(12-14-8-6-9-14)22-17(25)15-10-7-11-24(15)18(26)16(20(2,3)4)23-19(27)21-5/h13-16H,6-12H2,1-5H3,(H,22,25)(H2,21,23,27). The molecule has 154 valence electrons. The van der Waals surface area contributed by atoms with Crippen molar-refractivity contribution in [1.82, 2.24) is 20.9 Å². The van der Waals surface area contributed by atoms with Crippen molar-refractivity contribution in [2.24, 2.45) is 11.3 Å². The van der Waals surface area contributed by atoms with Gasteiger partial charge >= 0.3 is 6.03 Å². The lowest BCUT2D eigenvalue weighted by Crippen LogP contribution is -2.59. The predicted molar refractivity (Wildman–Crippen MR) is 105 cm³/mol. The summed E-state index contributed by atoms with van der Waals surface area (Å²) in [4.78, 5) is 39.4. The highest BCUT2D eigenvalue weighted by atomic mass is 16.2. The SMILES string of the molecule is CNC(=O)NC(C(=O)N1CCCC1C(=O)NC(C)CC1CCC1)C(C)(C)C. The van der Waals surface area contributed by atoms with Gasteiger partial charge < -0.3 is 20.9 Å². The number of rotatable bonds is 6. The maximum atomic E-state index is 13.2. The van der Waals surface area contributed by atoms with Gasteiger partial charge in [0, 0.05) is 19.6 Å². The normalized spacial score (nSPS) is 22.6. The summed E-state index contributed by atoms with van der Waals surface area (Å²) in [7, 11) is 1.52. The molecule has 3 unspecified atom stereocenters. The molecule has 0 bridgehead atoms. The van der Waals surface area contributed by atoms with Crippen LogP contribution in [0.2, 0.25) is 0 Å². The molecule has 0 spiro atoms. The van der Waals surface area contributed by atoms with Gasteiger partial charge in [0.25, 0.3) is 0 Å². The third-order valence-corrected chi connectivity index (χ3v) is 5.75. The zero-order valence-corrected chi connectivity index (χ0v) is 17.4. The van der Waals surface area contributed by atoms with Crippen molar-refractivity contribution >= 4 is 17.8 Å². The van der Waals surface area contributed by atoms with E-state index in [4.69, 9.17) is 0 Å². The summed E-state index contributed by atoms with van der Waals surface area (Å²) in [5, 5.41) is 8.36. The van der Waals surface area contributed by atoms with Crippen LogP contribution in [-0.4, -0.2) is 54.5 Å². The molecule has 2 fully saturated rings. The number of nitrogens with zero attached hydrogens (tertiary/aromatic N) is 1. The van der Waals surface area contributed by atoms with Crippen molar-refractivity contribution in [3.63, 3.8) is 0 Å². The molecule has 1 aliphatic carbocycles. The average molecular weight is 381 g/mol. The molecule has 2 aliphatic rings. The fraction of sp³-hybridized carbons (Fsp3) is 0.850. The van der Waals surface area contributed by atoms with Gasteiger partial charge in [0.15, 0.2) is 0 Å². The molecule has 0 aromatic rings. The first kappa shape index (κ1) is 21.5. The summed E-state index contributed by atoms with van der Waals surface area (Å²) < 4.78 is 0. The van der Waals surface area contributed by atoms with E-state index in [1.165, 1.54) is 26.3 Å². The molecular weight excluding hydrogens is 344 g/mol. The fourth-order valence-corrected chi connectivity index (χ4v) is 3.95. The average Bonchev–Trinajstić information content (AvgIpc) is 3.03. The molecular formula is C20H36N4O3. The number of amides is 4. The minimum absolute atomic E-state index is 0.0692. The summed E-state index contributed by atoms with van der Waals surface area (Å²) in [6.45, 7) is 8.34. The van der Waals surface area contributed by atoms with Crippen LogP contribution in [0.3, 0.4) is 0 Å². The Kier molecular flexibility index (Phi) is 7.12. The summed E-state index contributed by atoms with van der Waals surface area (Å²) in [6, 6.07) is -1.39. The lowest BCUT2D eigenvalue weighted by Gasteiger charge is -2.35. The van der Waals surface area contributed by atoms with Crippen LogP contribution in [0.25, 0.3) is 0 Å². The van der Waals surface area contributed by atoms with Crippen molar-refractivity contribution in [3.05, 3.63) is 0 Å². The second kappa shape index (κ2) is 8.93. The van der Waals surface area contributed by atoms with Crippen molar-refractivity contribution in [2.45, 2.75) is 84.3 Å². The van der Waals surface area contributed by atoms with E-state index in [1.54, 1.807) is 4.90 Å². The van der Waals surface area contributed by atoms with Crippen LogP contribution >= 0.6 is 0 Å². The van der Waals surface area contributed by atoms with Gasteiger partial charge in [-0.1, -0.05) is 40.0 Å². The largest absolute Gasteiger partial charge is 0.352 e. The summed E-state index contributed by atoms with van der Waals surface area (Å²) >= 11 is 0. The molecule has 3 N–H and O–H groups in total. The van der Waals surface area contributed by atoms with E-state index in [1.807, 2.05) is 27.7 Å². The zero-order valence-electron chi connectivity index (χ0n) is 17.4. The lowest BCUT2D eigenvalue weighted by molar-refractivity contribution is -0.142. The minimum Gasteiger partial charge on any atom is -0.352 e. The highest BCUT2D eigenvalue weighted by Gasteiger charge is 2.42. The first-order valence-electron chi connectivity index (χ1n) is 10.2. The Morgan fingerprint density at radius 2 is 1.74 bits per heavy atom. The number of hydrogen-bond acceptors (Lipinski definition) is 3. The molecule has 7 nitrogen and oxygen atoms in total. The molecule has 0 aromatic carbocycles. The predicted octanol–water partition coefficient (Wildman–Crippen LogP) is 2.02. The number of carbonyl (C=O) groups excluding carboxylic acids is 3. The molecule has 3 atom stereocenters. The van der Waals surface area contributed by atoms with Crippen LogP contribution < -0.4 is 16.0 Å². The monoisotopic (exact) mass is 380 g/mol. The van der Waals surface area contributed by atoms with Crippen LogP contribution in [0.15, 0.2) is 0 Å². The Labute approximate surface area is 163 Å². The molecule has 1 heterocycles. The maximum absolute atomic E-state index is 13.2. The summed E-state index contributed by atoms with van der Waals surface area (Å²) in [5.74, 6) is 0.472. The second-order valence-electron chi connectivity index (χ2n) is 9.15. The van der Waals surface area contributed by atoms with E-state index < -0.39 is 23.5 Å². The number of urea groups is 1. The van der Waals surface area contributed by atoms with E-state index in [9.17, 15) is 14.4 Å². The van der Waals surface area contributed by atoms with E-state index in [-0.39, 0.29) is 17.9 Å². The Morgan fingerprint density at radius 1 is 1.07 bits per heavy atom. The van der Waals surface area contributed by atoms with Gasteiger partial charge in [-0.3, -0.25) is 9.59 Å². The third-order valence-electron chi connectivity index (χ3n) is 5.75. The van der Waals surface area contributed by atoms with Crippen LogP contribution in [-0.2, 0) is 9.59 Å². The van der Waals surface area contributed by atoms with Gasteiger partial charge in [-0.25, -0.2) is 4.79 Å². The highest BCUT2D eigenvalue weighted by Crippen LogP contribution is 2.30. The van der Waals surface area contributed by atoms with Gasteiger partial charge in [0.2, 0.25) is 11.8 Å². The van der Waals surface area contributed by atoms with E-state index in [2.05, 4.69) is 16.0 Å². The van der Waals surface area contributed by atoms with Crippen molar-refractivity contribution in [2.75, 3.05) is 13.6 Å². The molecule has 0 aromatic heterocycles. The van der Waals surface area contributed by atoms with E-state index in [0.717, 1.165) is 18.8 Å². The van der Waals surface area contributed by atoms with Crippen LogP contribution in [0, 0.1) is 11.3 Å². The lowest BCUT2D eigenvalue weighted by atomic mass is 9.81. The van der Waals surface area contributed by atoms with Crippen molar-refractivity contribution < 1.29 is 14.4 Å². The molecule has 27 heavy (non-hydrogen) atoms. The quantitative estimate of drug-likeness (QED) is 0.658. The zero-order chi connectivity index (χ0) is 20.2. The Morgan fingerprint density at radius 3 is 2.26 bits per heavy atom.